The van der Waals surface area contributed by atoms with Gasteiger partial charge in [-0.3, -0.25) is 9.78 Å². The Kier molecular flexibility index (Phi) is 4.15. The second-order valence-electron chi connectivity index (χ2n) is 5.15. The van der Waals surface area contributed by atoms with Crippen molar-refractivity contribution in [3.05, 3.63) is 23.8 Å². The first-order chi connectivity index (χ1) is 9.16. The largest absolute Gasteiger partial charge is 0.312 e. The number of aromatic amines is 1. The van der Waals surface area contributed by atoms with E-state index in [1.165, 1.54) is 0 Å². The van der Waals surface area contributed by atoms with Crippen LogP contribution in [0.4, 0.5) is 0 Å². The Balaban J connectivity index is 0.00000147. The summed E-state index contributed by atoms with van der Waals surface area (Å²) in [4.78, 5) is 0. The average molecular weight is 384 g/mol. The molecule has 0 spiro atoms. The zero-order chi connectivity index (χ0) is 13.5. The summed E-state index contributed by atoms with van der Waals surface area (Å²) in [5.41, 5.74) is 3.98. The molecule has 0 aromatic carbocycles. The maximum atomic E-state index is 8.97. The number of aromatic nitrogens is 4. The van der Waals surface area contributed by atoms with Gasteiger partial charge in [0.05, 0.1) is 24.4 Å². The zero-order valence-electron chi connectivity index (χ0n) is 11.5. The minimum Gasteiger partial charge on any atom is -0.312 e. The number of nitriles is 1. The van der Waals surface area contributed by atoms with Crippen LogP contribution < -0.4 is 5.32 Å². The molecule has 2 N–H and O–H groups in total. The molecule has 106 valence electrons. The van der Waals surface area contributed by atoms with Gasteiger partial charge in [-0.25, -0.2) is 0 Å². The van der Waals surface area contributed by atoms with Gasteiger partial charge in [-0.2, -0.15) is 15.5 Å². The molecule has 0 unspecified atom stereocenters. The van der Waals surface area contributed by atoms with Gasteiger partial charge in [0, 0.05) is 36.1 Å². The van der Waals surface area contributed by atoms with Crippen LogP contribution in [0.3, 0.4) is 0 Å². The topological polar surface area (TPSA) is 82.3 Å². The Morgan fingerprint density at radius 3 is 2.70 bits per heavy atom. The maximum absolute atomic E-state index is 8.97. The van der Waals surface area contributed by atoms with Crippen molar-refractivity contribution in [3.63, 3.8) is 0 Å². The number of nitrogens with zero attached hydrogens (tertiary/aromatic N) is 4. The lowest BCUT2D eigenvalue weighted by molar-refractivity contribution is 0.160. The molecule has 0 amide bonds. The van der Waals surface area contributed by atoms with E-state index < -0.39 is 0 Å². The second-order valence-corrected chi connectivity index (χ2v) is 5.15. The van der Waals surface area contributed by atoms with Crippen molar-refractivity contribution < 1.29 is 0 Å². The summed E-state index contributed by atoms with van der Waals surface area (Å²) < 4.78 is 1.92. The molecule has 6 nitrogen and oxygen atoms in total. The quantitative estimate of drug-likeness (QED) is 0.790. The molecule has 0 aliphatic carbocycles. The van der Waals surface area contributed by atoms with Crippen molar-refractivity contribution in [2.75, 3.05) is 13.1 Å². The summed E-state index contributed by atoms with van der Waals surface area (Å²) in [6.45, 7) is 5.57. The molecule has 2 aromatic heterocycles. The van der Waals surface area contributed by atoms with Gasteiger partial charge in [0.25, 0.3) is 0 Å². The summed E-state index contributed by atoms with van der Waals surface area (Å²) in [6.07, 6.45) is 4.34. The zero-order valence-corrected chi connectivity index (χ0v) is 13.8. The lowest BCUT2D eigenvalue weighted by atomic mass is 9.89. The first kappa shape index (κ1) is 15.0. The SMILES string of the molecule is Cc1n[nH]c(C)c1-c1cnn(C2(CC#N)CNC2)c1.I. The predicted octanol–water partition coefficient (Wildman–Crippen LogP) is 1.72. The first-order valence-electron chi connectivity index (χ1n) is 6.31. The highest BCUT2D eigenvalue weighted by Crippen LogP contribution is 2.29. The minimum absolute atomic E-state index is 0. The molecular formula is C13H17IN6. The number of halogens is 1. The van der Waals surface area contributed by atoms with Crippen molar-refractivity contribution in [3.8, 4) is 17.2 Å². The molecule has 0 atom stereocenters. The third-order valence-corrected chi connectivity index (χ3v) is 3.80. The molecule has 1 saturated heterocycles. The van der Waals surface area contributed by atoms with Gasteiger partial charge >= 0.3 is 0 Å². The molecule has 1 aliphatic rings. The number of rotatable bonds is 3. The van der Waals surface area contributed by atoms with Crippen LogP contribution in [0.5, 0.6) is 0 Å². The number of nitrogens with one attached hydrogen (secondary N) is 2. The third-order valence-electron chi connectivity index (χ3n) is 3.80. The van der Waals surface area contributed by atoms with E-state index in [1.807, 2.05) is 30.9 Å². The smallest absolute Gasteiger partial charge is 0.100 e. The molecule has 2 aromatic rings. The van der Waals surface area contributed by atoms with Crippen LogP contribution in [0.15, 0.2) is 12.4 Å². The Hall–Kier alpha value is -1.40. The van der Waals surface area contributed by atoms with Crippen LogP contribution in [0.25, 0.3) is 11.1 Å². The van der Waals surface area contributed by atoms with Crippen molar-refractivity contribution in [1.82, 2.24) is 25.3 Å². The van der Waals surface area contributed by atoms with E-state index in [0.29, 0.717) is 6.42 Å². The van der Waals surface area contributed by atoms with E-state index in [9.17, 15) is 0 Å². The van der Waals surface area contributed by atoms with Crippen LogP contribution in [-0.2, 0) is 5.54 Å². The summed E-state index contributed by atoms with van der Waals surface area (Å²) in [6, 6.07) is 2.26. The highest BCUT2D eigenvalue weighted by atomic mass is 127. The van der Waals surface area contributed by atoms with Crippen molar-refractivity contribution in [2.45, 2.75) is 25.8 Å². The lowest BCUT2D eigenvalue weighted by Gasteiger charge is -2.41. The molecule has 1 aliphatic heterocycles. The predicted molar refractivity (Wildman–Crippen MR) is 85.8 cm³/mol. The lowest BCUT2D eigenvalue weighted by Crippen LogP contribution is -2.60. The molecule has 3 heterocycles. The Bertz CT molecular complexity index is 627. The van der Waals surface area contributed by atoms with Crippen LogP contribution in [0, 0.1) is 25.2 Å². The maximum Gasteiger partial charge on any atom is 0.100 e. The summed E-state index contributed by atoms with van der Waals surface area (Å²) >= 11 is 0. The van der Waals surface area contributed by atoms with Gasteiger partial charge in [-0.1, -0.05) is 0 Å². The molecule has 0 radical (unpaired) electrons. The van der Waals surface area contributed by atoms with Gasteiger partial charge in [-0.05, 0) is 13.8 Å². The Morgan fingerprint density at radius 1 is 1.45 bits per heavy atom. The molecule has 0 bridgehead atoms. The fourth-order valence-corrected chi connectivity index (χ4v) is 2.62. The van der Waals surface area contributed by atoms with E-state index in [-0.39, 0.29) is 29.5 Å². The molecule has 20 heavy (non-hydrogen) atoms. The minimum atomic E-state index is -0.182. The fourth-order valence-electron chi connectivity index (χ4n) is 2.62. The molecule has 3 rings (SSSR count). The summed E-state index contributed by atoms with van der Waals surface area (Å²) in [5, 5.41) is 23.8. The van der Waals surface area contributed by atoms with Gasteiger partial charge in [0.1, 0.15) is 5.54 Å². The molecular weight excluding hydrogens is 367 g/mol. The van der Waals surface area contributed by atoms with Crippen LogP contribution in [0.2, 0.25) is 0 Å². The first-order valence-corrected chi connectivity index (χ1v) is 6.31. The third kappa shape index (κ3) is 2.23. The molecule has 7 heteroatoms. The van der Waals surface area contributed by atoms with Gasteiger partial charge in [0.15, 0.2) is 0 Å². The van der Waals surface area contributed by atoms with Crippen molar-refractivity contribution in [1.29, 1.82) is 5.26 Å². The van der Waals surface area contributed by atoms with Crippen LogP contribution >= 0.6 is 24.0 Å². The highest BCUT2D eigenvalue weighted by molar-refractivity contribution is 14.0. The fraction of sp³-hybridized carbons (Fsp3) is 0.462. The number of hydrogen-bond donors (Lipinski definition) is 2. The van der Waals surface area contributed by atoms with E-state index in [4.69, 9.17) is 5.26 Å². The van der Waals surface area contributed by atoms with Crippen LogP contribution in [0.1, 0.15) is 17.8 Å². The van der Waals surface area contributed by atoms with E-state index in [0.717, 1.165) is 35.6 Å². The normalized spacial score (nSPS) is 16.1. The second kappa shape index (κ2) is 5.54. The average Bonchev–Trinajstić information content (AvgIpc) is 2.91. The van der Waals surface area contributed by atoms with Crippen molar-refractivity contribution in [2.24, 2.45) is 0 Å². The monoisotopic (exact) mass is 384 g/mol. The van der Waals surface area contributed by atoms with E-state index >= 15 is 0 Å². The van der Waals surface area contributed by atoms with Gasteiger partial charge in [0.2, 0.25) is 0 Å². The highest BCUT2D eigenvalue weighted by Gasteiger charge is 2.39. The van der Waals surface area contributed by atoms with Crippen LogP contribution in [-0.4, -0.2) is 33.1 Å². The Morgan fingerprint density at radius 2 is 2.20 bits per heavy atom. The summed E-state index contributed by atoms with van der Waals surface area (Å²) in [7, 11) is 0. The van der Waals surface area contributed by atoms with Gasteiger partial charge < -0.3 is 5.32 Å². The summed E-state index contributed by atoms with van der Waals surface area (Å²) in [5.74, 6) is 0. The number of hydrogen-bond acceptors (Lipinski definition) is 4. The van der Waals surface area contributed by atoms with Crippen molar-refractivity contribution >= 4 is 24.0 Å². The van der Waals surface area contributed by atoms with E-state index in [1.54, 1.807) is 0 Å². The van der Waals surface area contributed by atoms with Gasteiger partial charge in [-0.15, -0.1) is 24.0 Å². The Labute approximate surface area is 134 Å². The molecule has 1 fully saturated rings. The number of aryl methyl sites for hydroxylation is 2. The van der Waals surface area contributed by atoms with E-state index in [2.05, 4.69) is 26.7 Å². The standard InChI is InChI=1S/C13H16N6.HI/c1-9-12(10(2)18-17-9)11-5-16-19(6-11)13(3-4-14)7-15-8-13;/h5-6,15H,3,7-8H2,1-2H3,(H,17,18);1H. The molecule has 0 saturated carbocycles. The number of H-pyrrole nitrogens is 1.